The van der Waals surface area contributed by atoms with Gasteiger partial charge in [-0.2, -0.15) is 0 Å². The molecule has 0 aromatic carbocycles. The molecule has 0 aliphatic rings. The third-order valence-electron chi connectivity index (χ3n) is 7.07. The summed E-state index contributed by atoms with van der Waals surface area (Å²) in [4.78, 5) is 2.43. The van der Waals surface area contributed by atoms with E-state index in [1.807, 2.05) is 0 Å². The van der Waals surface area contributed by atoms with Crippen molar-refractivity contribution in [3.8, 4) is 0 Å². The van der Waals surface area contributed by atoms with Crippen molar-refractivity contribution < 1.29 is 21.7 Å². The zero-order chi connectivity index (χ0) is 26.4. The molecule has 0 aliphatic heterocycles. The SMILES string of the molecule is CCCCCCCCCCCCCCCCC(CCNS(=O)(=O)[Si](OC)(OC)OC)N(CC)CC. The predicted octanol–water partition coefficient (Wildman–Crippen LogP) is 6.25. The molecule has 0 heterocycles. The van der Waals surface area contributed by atoms with Crippen LogP contribution in [0, 0.1) is 0 Å². The van der Waals surface area contributed by atoms with E-state index in [2.05, 4.69) is 30.4 Å². The Bertz CT molecular complexity index is 564. The summed E-state index contributed by atoms with van der Waals surface area (Å²) >= 11 is 0. The van der Waals surface area contributed by atoms with Crippen molar-refractivity contribution in [2.75, 3.05) is 41.0 Å². The van der Waals surface area contributed by atoms with E-state index in [1.54, 1.807) is 0 Å². The highest BCUT2D eigenvalue weighted by Crippen LogP contribution is 2.18. The average molecular weight is 539 g/mol. The Kier molecular flexibility index (Phi) is 22.0. The van der Waals surface area contributed by atoms with E-state index in [-0.39, 0.29) is 0 Å². The van der Waals surface area contributed by atoms with Crippen molar-refractivity contribution >= 4 is 17.4 Å². The highest BCUT2D eigenvalue weighted by molar-refractivity contribution is 8.18. The molecule has 0 fully saturated rings. The Morgan fingerprint density at radius 2 is 1.06 bits per heavy atom. The second kappa shape index (κ2) is 22.0. The van der Waals surface area contributed by atoms with Gasteiger partial charge in [0.25, 0.3) is 9.47 Å². The monoisotopic (exact) mass is 538 g/mol. The summed E-state index contributed by atoms with van der Waals surface area (Å²) in [6.07, 6.45) is 20.9. The van der Waals surface area contributed by atoms with Gasteiger partial charge in [-0.25, -0.2) is 13.1 Å². The molecule has 0 aliphatic carbocycles. The van der Waals surface area contributed by atoms with Crippen molar-refractivity contribution in [3.63, 3.8) is 0 Å². The van der Waals surface area contributed by atoms with Crippen molar-refractivity contribution in [2.45, 2.75) is 130 Å². The molecule has 0 spiro atoms. The summed E-state index contributed by atoms with van der Waals surface area (Å²) in [7, 11) is -3.65. The maximum atomic E-state index is 12.7. The fourth-order valence-electron chi connectivity index (χ4n) is 4.85. The van der Waals surface area contributed by atoms with Crippen LogP contribution in [-0.2, 0) is 22.8 Å². The van der Waals surface area contributed by atoms with Crippen LogP contribution >= 0.6 is 0 Å². The zero-order valence-electron chi connectivity index (χ0n) is 23.9. The first-order valence-electron chi connectivity index (χ1n) is 14.3. The van der Waals surface area contributed by atoms with E-state index in [4.69, 9.17) is 13.3 Å². The van der Waals surface area contributed by atoms with E-state index in [0.29, 0.717) is 12.6 Å². The van der Waals surface area contributed by atoms with Crippen LogP contribution in [0.3, 0.4) is 0 Å². The van der Waals surface area contributed by atoms with Crippen LogP contribution in [-0.4, -0.2) is 68.3 Å². The van der Waals surface area contributed by atoms with Gasteiger partial charge >= 0.3 is 7.95 Å². The molecule has 0 bridgehead atoms. The standard InChI is InChI=1S/C26H58N2O5SSi/c1-7-10-11-12-13-14-15-16-17-18-19-20-21-22-23-26(28(8-2)9-3)24-25-27-34(29,30)35(31-4,32-5)33-6/h26-27H,7-25H2,1-6H3. The van der Waals surface area contributed by atoms with Crippen LogP contribution in [0.2, 0.25) is 0 Å². The minimum Gasteiger partial charge on any atom is -0.365 e. The molecule has 0 rings (SSSR count). The van der Waals surface area contributed by atoms with Gasteiger partial charge < -0.3 is 18.2 Å². The van der Waals surface area contributed by atoms with E-state index >= 15 is 0 Å². The third kappa shape index (κ3) is 14.5. The molecule has 1 atom stereocenters. The molecule has 0 radical (unpaired) electrons. The van der Waals surface area contributed by atoms with Crippen molar-refractivity contribution in [1.82, 2.24) is 9.62 Å². The molecule has 7 nitrogen and oxygen atoms in total. The smallest absolute Gasteiger partial charge is 0.365 e. The van der Waals surface area contributed by atoms with Crippen LogP contribution in [0.25, 0.3) is 0 Å². The average Bonchev–Trinajstić information content (AvgIpc) is 2.85. The Morgan fingerprint density at radius 3 is 1.43 bits per heavy atom. The molecule has 35 heavy (non-hydrogen) atoms. The summed E-state index contributed by atoms with van der Waals surface area (Å²) in [5.74, 6) is 0. The van der Waals surface area contributed by atoms with E-state index in [1.165, 1.54) is 111 Å². The van der Waals surface area contributed by atoms with Crippen LogP contribution in [0.4, 0.5) is 0 Å². The molecular weight excluding hydrogens is 480 g/mol. The van der Waals surface area contributed by atoms with Gasteiger partial charge in [-0.05, 0) is 25.9 Å². The van der Waals surface area contributed by atoms with Crippen LogP contribution in [0.15, 0.2) is 0 Å². The first kappa shape index (κ1) is 35.0. The molecule has 1 unspecified atom stereocenters. The largest absolute Gasteiger partial charge is 0.651 e. The summed E-state index contributed by atoms with van der Waals surface area (Å²) in [6, 6.07) is 0.369. The molecule has 212 valence electrons. The highest BCUT2D eigenvalue weighted by Gasteiger charge is 2.54. The molecular formula is C26H58N2O5SSi. The molecule has 0 saturated carbocycles. The van der Waals surface area contributed by atoms with Crippen LogP contribution in [0.1, 0.15) is 124 Å². The Balaban J connectivity index is 4.17. The fraction of sp³-hybridized carbons (Fsp3) is 1.00. The number of unbranched alkanes of at least 4 members (excludes halogenated alkanes) is 13. The zero-order valence-corrected chi connectivity index (χ0v) is 25.7. The van der Waals surface area contributed by atoms with Gasteiger partial charge in [-0.1, -0.05) is 111 Å². The third-order valence-corrected chi connectivity index (χ3v) is 13.7. The van der Waals surface area contributed by atoms with Gasteiger partial charge in [0.15, 0.2) is 0 Å². The Labute approximate surface area is 219 Å². The molecule has 0 aromatic heterocycles. The topological polar surface area (TPSA) is 77.1 Å². The highest BCUT2D eigenvalue weighted by atomic mass is 32.4. The van der Waals surface area contributed by atoms with Gasteiger partial charge in [0, 0.05) is 33.9 Å². The predicted molar refractivity (Wildman–Crippen MR) is 150 cm³/mol. The first-order valence-corrected chi connectivity index (χ1v) is 18.2. The lowest BCUT2D eigenvalue weighted by atomic mass is 10.0. The second-order valence-corrected chi connectivity index (χ2v) is 16.2. The number of nitrogens with zero attached hydrogens (tertiary/aromatic N) is 1. The first-order chi connectivity index (χ1) is 16.9. The quantitative estimate of drug-likeness (QED) is 0.104. The minimum absolute atomic E-state index is 0.354. The molecule has 0 aromatic rings. The molecule has 0 saturated heterocycles. The summed E-state index contributed by atoms with van der Waals surface area (Å²) in [6.45, 7) is 8.91. The van der Waals surface area contributed by atoms with Gasteiger partial charge in [-0.3, -0.25) is 0 Å². The Morgan fingerprint density at radius 1 is 0.657 bits per heavy atom. The van der Waals surface area contributed by atoms with Gasteiger partial charge in [-0.15, -0.1) is 0 Å². The van der Waals surface area contributed by atoms with Crippen molar-refractivity contribution in [2.24, 2.45) is 0 Å². The number of rotatable bonds is 26. The van der Waals surface area contributed by atoms with E-state index in [9.17, 15) is 8.42 Å². The summed E-state index contributed by atoms with van der Waals surface area (Å²) in [5, 5.41) is 0. The van der Waals surface area contributed by atoms with Crippen molar-refractivity contribution in [3.05, 3.63) is 0 Å². The number of hydrogen-bond acceptors (Lipinski definition) is 6. The maximum Gasteiger partial charge on any atom is 0.651 e. The summed E-state index contributed by atoms with van der Waals surface area (Å²) < 4.78 is 43.5. The van der Waals surface area contributed by atoms with E-state index < -0.39 is 17.4 Å². The summed E-state index contributed by atoms with van der Waals surface area (Å²) in [5.41, 5.74) is 0. The van der Waals surface area contributed by atoms with Gasteiger partial charge in [0.2, 0.25) is 0 Å². The molecule has 1 N–H and O–H groups in total. The number of hydrogen-bond donors (Lipinski definition) is 1. The second-order valence-electron chi connectivity index (χ2n) is 9.56. The lowest BCUT2D eigenvalue weighted by Gasteiger charge is -2.30. The van der Waals surface area contributed by atoms with Crippen molar-refractivity contribution in [1.29, 1.82) is 0 Å². The lowest BCUT2D eigenvalue weighted by molar-refractivity contribution is 0.147. The minimum atomic E-state index is -3.81. The van der Waals surface area contributed by atoms with Crippen LogP contribution in [0.5, 0.6) is 0 Å². The van der Waals surface area contributed by atoms with Crippen LogP contribution < -0.4 is 4.72 Å². The number of nitrogens with one attached hydrogen (secondary N) is 1. The fourth-order valence-corrected chi connectivity index (χ4v) is 9.38. The molecule has 0 amide bonds. The van der Waals surface area contributed by atoms with Gasteiger partial charge in [0.1, 0.15) is 0 Å². The maximum absolute atomic E-state index is 12.7. The lowest BCUT2D eigenvalue weighted by Crippen LogP contribution is -2.57. The van der Waals surface area contributed by atoms with Gasteiger partial charge in [0.05, 0.1) is 0 Å². The normalized spacial score (nSPS) is 13.6. The molecule has 9 heteroatoms. The van der Waals surface area contributed by atoms with E-state index in [0.717, 1.165) is 25.9 Å². The Hall–Kier alpha value is -0.0331.